The molecule has 8 nitrogen and oxygen atoms in total. The third kappa shape index (κ3) is 6.04. The van der Waals surface area contributed by atoms with Gasteiger partial charge in [-0.25, -0.2) is 9.59 Å². The van der Waals surface area contributed by atoms with E-state index in [-0.39, 0.29) is 51.1 Å². The summed E-state index contributed by atoms with van der Waals surface area (Å²) in [5.74, 6) is -2.43. The SMILES string of the molecule is CC1CCC2C(=O)N(c3cccc(C(=O)OCC(=O)c4ccc(OC(=O)c5ccc(Cl)c(Cl)c5)cc4)c3)C(=O)C2C1. The monoisotopic (exact) mass is 593 g/mol. The van der Waals surface area contributed by atoms with E-state index >= 15 is 0 Å². The van der Waals surface area contributed by atoms with E-state index in [1.54, 1.807) is 12.1 Å². The number of esters is 2. The summed E-state index contributed by atoms with van der Waals surface area (Å²) in [6.07, 6.45) is 2.26. The number of fused-ring (bicyclic) bond motifs is 1. The third-order valence-corrected chi connectivity index (χ3v) is 8.14. The normalized spacial score (nSPS) is 20.0. The molecule has 1 aliphatic carbocycles. The van der Waals surface area contributed by atoms with Crippen LogP contribution in [0.5, 0.6) is 5.75 Å². The molecule has 0 bridgehead atoms. The first-order valence-electron chi connectivity index (χ1n) is 13.1. The number of ether oxygens (including phenoxy) is 2. The first-order valence-corrected chi connectivity index (χ1v) is 13.8. The van der Waals surface area contributed by atoms with Crippen molar-refractivity contribution >= 4 is 58.4 Å². The van der Waals surface area contributed by atoms with E-state index in [9.17, 15) is 24.0 Å². The highest BCUT2D eigenvalue weighted by Crippen LogP contribution is 2.42. The number of anilines is 1. The minimum absolute atomic E-state index is 0.115. The van der Waals surface area contributed by atoms with Gasteiger partial charge >= 0.3 is 11.9 Å². The van der Waals surface area contributed by atoms with Crippen LogP contribution in [-0.2, 0) is 14.3 Å². The quantitative estimate of drug-likeness (QED) is 0.139. The maximum Gasteiger partial charge on any atom is 0.343 e. The van der Waals surface area contributed by atoms with Crippen LogP contribution in [0.2, 0.25) is 10.0 Å². The molecule has 10 heteroatoms. The Morgan fingerprint density at radius 1 is 0.805 bits per heavy atom. The van der Waals surface area contributed by atoms with Gasteiger partial charge < -0.3 is 9.47 Å². The molecular formula is C31H25Cl2NO7. The number of hydrogen-bond acceptors (Lipinski definition) is 7. The zero-order chi connectivity index (χ0) is 29.3. The number of nitrogens with zero attached hydrogens (tertiary/aromatic N) is 1. The lowest BCUT2D eigenvalue weighted by Gasteiger charge is -2.25. The van der Waals surface area contributed by atoms with Gasteiger partial charge in [-0.05, 0) is 85.8 Å². The minimum atomic E-state index is -0.766. The van der Waals surface area contributed by atoms with Crippen LogP contribution in [0.3, 0.4) is 0 Å². The van der Waals surface area contributed by atoms with Gasteiger partial charge in [0.05, 0.1) is 38.7 Å². The second-order valence-electron chi connectivity index (χ2n) is 10.2. The summed E-state index contributed by atoms with van der Waals surface area (Å²) in [4.78, 5) is 64.9. The number of benzene rings is 3. The van der Waals surface area contributed by atoms with E-state index in [1.165, 1.54) is 59.5 Å². The van der Waals surface area contributed by atoms with Crippen LogP contribution >= 0.6 is 23.2 Å². The van der Waals surface area contributed by atoms with Crippen LogP contribution in [0.25, 0.3) is 0 Å². The Bertz CT molecular complexity index is 1550. The Morgan fingerprint density at radius 2 is 1.49 bits per heavy atom. The van der Waals surface area contributed by atoms with Gasteiger partial charge in [0, 0.05) is 5.56 Å². The minimum Gasteiger partial charge on any atom is -0.454 e. The van der Waals surface area contributed by atoms with Gasteiger partial charge in [-0.3, -0.25) is 19.3 Å². The van der Waals surface area contributed by atoms with E-state index in [4.69, 9.17) is 32.7 Å². The Morgan fingerprint density at radius 3 is 2.22 bits per heavy atom. The predicted octanol–water partition coefficient (Wildman–Crippen LogP) is 6.18. The van der Waals surface area contributed by atoms with E-state index in [2.05, 4.69) is 6.92 Å². The molecule has 2 aliphatic rings. The van der Waals surface area contributed by atoms with E-state index in [0.717, 1.165) is 6.42 Å². The van der Waals surface area contributed by atoms with Crippen LogP contribution in [-0.4, -0.2) is 36.1 Å². The zero-order valence-corrected chi connectivity index (χ0v) is 23.5. The Labute approximate surface area is 246 Å². The molecule has 1 saturated carbocycles. The summed E-state index contributed by atoms with van der Waals surface area (Å²) in [7, 11) is 0. The number of ketones is 1. The molecule has 1 aliphatic heterocycles. The number of hydrogen-bond donors (Lipinski definition) is 0. The maximum atomic E-state index is 13.0. The molecule has 3 aromatic rings. The van der Waals surface area contributed by atoms with Gasteiger partial charge in [0.1, 0.15) is 5.75 Å². The first kappa shape index (κ1) is 28.5. The highest BCUT2D eigenvalue weighted by atomic mass is 35.5. The van der Waals surface area contributed by atoms with E-state index in [0.29, 0.717) is 29.5 Å². The molecule has 3 atom stereocenters. The lowest BCUT2D eigenvalue weighted by molar-refractivity contribution is -0.122. The third-order valence-electron chi connectivity index (χ3n) is 7.40. The molecule has 3 unspecified atom stereocenters. The molecule has 210 valence electrons. The van der Waals surface area contributed by atoms with Gasteiger partial charge in [0.2, 0.25) is 11.8 Å². The predicted molar refractivity (Wildman–Crippen MR) is 151 cm³/mol. The van der Waals surface area contributed by atoms with Crippen LogP contribution in [0.1, 0.15) is 57.3 Å². The molecule has 1 saturated heterocycles. The zero-order valence-electron chi connectivity index (χ0n) is 22.0. The van der Waals surface area contributed by atoms with Gasteiger partial charge in [-0.2, -0.15) is 0 Å². The second-order valence-corrected chi connectivity index (χ2v) is 11.0. The van der Waals surface area contributed by atoms with Gasteiger partial charge in [-0.15, -0.1) is 0 Å². The second kappa shape index (κ2) is 11.8. The first-order chi connectivity index (χ1) is 19.6. The maximum absolute atomic E-state index is 13.0. The molecule has 2 amide bonds. The van der Waals surface area contributed by atoms with Gasteiger partial charge in [-0.1, -0.05) is 36.2 Å². The fourth-order valence-electron chi connectivity index (χ4n) is 5.21. The summed E-state index contributed by atoms with van der Waals surface area (Å²) < 4.78 is 10.5. The van der Waals surface area contributed by atoms with Gasteiger partial charge in [0.15, 0.2) is 12.4 Å². The fourth-order valence-corrected chi connectivity index (χ4v) is 5.51. The van der Waals surface area contributed by atoms with Crippen molar-refractivity contribution in [2.75, 3.05) is 11.5 Å². The molecule has 5 rings (SSSR count). The number of rotatable bonds is 7. The molecule has 0 radical (unpaired) electrons. The number of halogens is 2. The highest BCUT2D eigenvalue weighted by Gasteiger charge is 2.50. The summed E-state index contributed by atoms with van der Waals surface area (Å²) in [5, 5.41) is 0.525. The molecule has 3 aromatic carbocycles. The Balaban J connectivity index is 1.18. The van der Waals surface area contributed by atoms with Crippen molar-refractivity contribution in [1.82, 2.24) is 0 Å². The Hall–Kier alpha value is -4.01. The molecule has 0 aromatic heterocycles. The van der Waals surface area contributed by atoms with Crippen LogP contribution < -0.4 is 9.64 Å². The molecule has 0 N–H and O–H groups in total. The number of Topliss-reactive ketones (excluding diaryl/α,β-unsaturated/α-hetero) is 1. The summed E-state index contributed by atoms with van der Waals surface area (Å²) in [6.45, 7) is 1.55. The van der Waals surface area contributed by atoms with Crippen molar-refractivity contribution in [1.29, 1.82) is 0 Å². The molecule has 1 heterocycles. The number of carbonyl (C=O) groups is 5. The van der Waals surface area contributed by atoms with Crippen molar-refractivity contribution < 1.29 is 33.4 Å². The van der Waals surface area contributed by atoms with Crippen LogP contribution in [0.15, 0.2) is 66.7 Å². The largest absolute Gasteiger partial charge is 0.454 e. The molecule has 41 heavy (non-hydrogen) atoms. The van der Waals surface area contributed by atoms with Crippen molar-refractivity contribution in [3.63, 3.8) is 0 Å². The Kier molecular flexibility index (Phi) is 8.24. The van der Waals surface area contributed by atoms with Crippen LogP contribution in [0, 0.1) is 17.8 Å². The van der Waals surface area contributed by atoms with Crippen molar-refractivity contribution in [3.8, 4) is 5.75 Å². The summed E-state index contributed by atoms with van der Waals surface area (Å²) >= 11 is 11.8. The summed E-state index contributed by atoms with van der Waals surface area (Å²) in [5.41, 5.74) is 0.880. The van der Waals surface area contributed by atoms with Crippen LogP contribution in [0.4, 0.5) is 5.69 Å². The topological polar surface area (TPSA) is 107 Å². The highest BCUT2D eigenvalue weighted by molar-refractivity contribution is 6.42. The van der Waals surface area contributed by atoms with Crippen molar-refractivity contribution in [3.05, 3.63) is 93.5 Å². The molecule has 0 spiro atoms. The number of carbonyl (C=O) groups excluding carboxylic acids is 5. The number of amides is 2. The standard InChI is InChI=1S/C31H25Cl2NO7/c1-17-5-11-23-24(13-17)29(37)34(28(23)36)21-4-2-3-19(14-21)30(38)40-16-27(35)18-6-9-22(10-7-18)41-31(39)20-8-12-25(32)26(33)15-20/h2-4,6-10,12,14-15,17,23-24H,5,11,13,16H2,1H3. The average molecular weight is 594 g/mol. The van der Waals surface area contributed by atoms with Crippen molar-refractivity contribution in [2.45, 2.75) is 26.2 Å². The van der Waals surface area contributed by atoms with Crippen molar-refractivity contribution in [2.24, 2.45) is 17.8 Å². The fraction of sp³-hybridized carbons (Fsp3) is 0.258. The lowest BCUT2D eigenvalue weighted by atomic mass is 9.76. The summed E-state index contributed by atoms with van der Waals surface area (Å²) in [6, 6.07) is 16.2. The molecular weight excluding hydrogens is 569 g/mol. The molecule has 2 fully saturated rings. The van der Waals surface area contributed by atoms with E-state index < -0.39 is 24.3 Å². The van der Waals surface area contributed by atoms with Gasteiger partial charge in [0.25, 0.3) is 0 Å². The lowest BCUT2D eigenvalue weighted by Crippen LogP contribution is -2.31. The average Bonchev–Trinajstić information content (AvgIpc) is 3.21. The van der Waals surface area contributed by atoms with E-state index in [1.807, 2.05) is 0 Å². The smallest absolute Gasteiger partial charge is 0.343 e. The number of imide groups is 1.